The number of nitrogens with two attached hydrogens (primary N) is 1. The molecule has 0 aliphatic heterocycles. The maximum absolute atomic E-state index is 10.8. The van der Waals surface area contributed by atoms with Crippen molar-refractivity contribution in [1.29, 1.82) is 0 Å². The Hall–Kier alpha value is -1.89. The van der Waals surface area contributed by atoms with Gasteiger partial charge in [-0.1, -0.05) is 6.42 Å². The summed E-state index contributed by atoms with van der Waals surface area (Å²) >= 11 is 0. The number of aromatic nitrogens is 1. The minimum absolute atomic E-state index is 0.100. The summed E-state index contributed by atoms with van der Waals surface area (Å²) in [6, 6.07) is 2.73. The van der Waals surface area contributed by atoms with Gasteiger partial charge in [-0.3, -0.25) is 10.1 Å². The predicted molar refractivity (Wildman–Crippen MR) is 67.1 cm³/mol. The monoisotopic (exact) mass is 252 g/mol. The van der Waals surface area contributed by atoms with E-state index in [9.17, 15) is 15.2 Å². The molecule has 0 spiro atoms. The van der Waals surface area contributed by atoms with Crippen molar-refractivity contribution in [3.63, 3.8) is 0 Å². The fourth-order valence-electron chi connectivity index (χ4n) is 2.23. The zero-order valence-electron chi connectivity index (χ0n) is 9.87. The van der Waals surface area contributed by atoms with Crippen LogP contribution < -0.4 is 11.1 Å². The van der Waals surface area contributed by atoms with Crippen LogP contribution in [0.1, 0.15) is 19.3 Å². The maximum atomic E-state index is 10.8. The predicted octanol–water partition coefficient (Wildman–Crippen LogP) is 1.14. The highest BCUT2D eigenvalue weighted by molar-refractivity contribution is 5.59. The first-order chi connectivity index (χ1) is 8.58. The third-order valence-corrected chi connectivity index (χ3v) is 3.24. The van der Waals surface area contributed by atoms with Crippen LogP contribution in [0.3, 0.4) is 0 Å². The van der Waals surface area contributed by atoms with Crippen LogP contribution in [0.15, 0.2) is 12.1 Å². The molecule has 0 amide bonds. The normalized spacial score (nSPS) is 22.9. The van der Waals surface area contributed by atoms with E-state index in [1.54, 1.807) is 0 Å². The zero-order chi connectivity index (χ0) is 13.1. The molecule has 18 heavy (non-hydrogen) atoms. The molecule has 1 heterocycles. The summed E-state index contributed by atoms with van der Waals surface area (Å²) in [6.07, 6.45) is 2.36. The summed E-state index contributed by atoms with van der Waals surface area (Å²) in [4.78, 5) is 14.3. The van der Waals surface area contributed by atoms with Crippen molar-refractivity contribution in [2.24, 2.45) is 5.92 Å². The van der Waals surface area contributed by atoms with Gasteiger partial charge < -0.3 is 16.2 Å². The second-order valence-corrected chi connectivity index (χ2v) is 4.50. The fourth-order valence-corrected chi connectivity index (χ4v) is 2.23. The topological polar surface area (TPSA) is 114 Å². The molecule has 0 radical (unpaired) electrons. The number of hydrogen-bond donors (Lipinski definition) is 3. The number of nitro groups is 1. The summed E-state index contributed by atoms with van der Waals surface area (Å²) in [5.74, 6) is 0.516. The minimum Gasteiger partial charge on any atom is -0.393 e. The molecular weight excluding hydrogens is 236 g/mol. The summed E-state index contributed by atoms with van der Waals surface area (Å²) in [7, 11) is 0. The zero-order valence-corrected chi connectivity index (χ0v) is 9.87. The number of nitrogens with zero attached hydrogens (tertiary/aromatic N) is 2. The van der Waals surface area contributed by atoms with Gasteiger partial charge in [-0.25, -0.2) is 4.98 Å². The molecule has 7 heteroatoms. The van der Waals surface area contributed by atoms with Crippen LogP contribution in [0.4, 0.5) is 17.3 Å². The van der Waals surface area contributed by atoms with Gasteiger partial charge in [0.1, 0.15) is 5.82 Å². The molecule has 2 atom stereocenters. The molecule has 1 aliphatic rings. The smallest absolute Gasteiger partial charge is 0.311 e. The number of pyridine rings is 1. The van der Waals surface area contributed by atoms with E-state index in [1.165, 1.54) is 12.1 Å². The average molecular weight is 252 g/mol. The first-order valence-electron chi connectivity index (χ1n) is 5.91. The van der Waals surface area contributed by atoms with Gasteiger partial charge in [0.15, 0.2) is 0 Å². The molecule has 1 aromatic heterocycles. The van der Waals surface area contributed by atoms with Crippen LogP contribution in [-0.2, 0) is 0 Å². The molecule has 0 bridgehead atoms. The number of nitrogen functional groups attached to an aromatic ring is 1. The first-order valence-corrected chi connectivity index (χ1v) is 5.91. The standard InChI is InChI=1S/C11H16N4O3/c12-10-5-4-8(15(17)18)11(14-10)13-6-7-2-1-3-9(7)16/h4-5,7,9,16H,1-3,6H2,(H3,12,13,14). The third kappa shape index (κ3) is 2.67. The number of rotatable bonds is 4. The third-order valence-electron chi connectivity index (χ3n) is 3.24. The Bertz CT molecular complexity index is 452. The van der Waals surface area contributed by atoms with Crippen LogP contribution in [-0.4, -0.2) is 27.7 Å². The van der Waals surface area contributed by atoms with Gasteiger partial charge in [0.05, 0.1) is 11.0 Å². The lowest BCUT2D eigenvalue weighted by Crippen LogP contribution is -2.22. The lowest BCUT2D eigenvalue weighted by molar-refractivity contribution is -0.384. The molecule has 2 rings (SSSR count). The van der Waals surface area contributed by atoms with Crippen LogP contribution in [0, 0.1) is 16.0 Å². The number of aliphatic hydroxyl groups excluding tert-OH is 1. The van der Waals surface area contributed by atoms with Crippen molar-refractivity contribution >= 4 is 17.3 Å². The Morgan fingerprint density at radius 1 is 1.56 bits per heavy atom. The molecule has 7 nitrogen and oxygen atoms in total. The Morgan fingerprint density at radius 3 is 2.94 bits per heavy atom. The van der Waals surface area contributed by atoms with E-state index >= 15 is 0 Å². The van der Waals surface area contributed by atoms with Gasteiger partial charge in [0.25, 0.3) is 0 Å². The van der Waals surface area contributed by atoms with E-state index in [0.29, 0.717) is 6.54 Å². The molecule has 0 aromatic carbocycles. The van der Waals surface area contributed by atoms with E-state index in [0.717, 1.165) is 19.3 Å². The second kappa shape index (κ2) is 5.18. The van der Waals surface area contributed by atoms with Crippen molar-refractivity contribution in [2.45, 2.75) is 25.4 Å². The quantitative estimate of drug-likeness (QED) is 0.547. The van der Waals surface area contributed by atoms with Crippen molar-refractivity contribution in [3.8, 4) is 0 Å². The van der Waals surface area contributed by atoms with Gasteiger partial charge in [-0.2, -0.15) is 0 Å². The Balaban J connectivity index is 2.08. The number of aliphatic hydroxyl groups is 1. The summed E-state index contributed by atoms with van der Waals surface area (Å²) in [5, 5.41) is 23.4. The van der Waals surface area contributed by atoms with Gasteiger partial charge in [-0.15, -0.1) is 0 Å². The molecule has 1 saturated carbocycles. The van der Waals surface area contributed by atoms with Crippen molar-refractivity contribution < 1.29 is 10.0 Å². The van der Waals surface area contributed by atoms with Gasteiger partial charge >= 0.3 is 5.69 Å². The lowest BCUT2D eigenvalue weighted by atomic mass is 10.1. The molecule has 1 aromatic rings. The summed E-state index contributed by atoms with van der Waals surface area (Å²) in [6.45, 7) is 0.471. The average Bonchev–Trinajstić information content (AvgIpc) is 2.72. The second-order valence-electron chi connectivity index (χ2n) is 4.50. The van der Waals surface area contributed by atoms with Crippen LogP contribution >= 0.6 is 0 Å². The van der Waals surface area contributed by atoms with Gasteiger partial charge in [0, 0.05) is 18.5 Å². The summed E-state index contributed by atoms with van der Waals surface area (Å²) < 4.78 is 0. The highest BCUT2D eigenvalue weighted by Crippen LogP contribution is 2.28. The molecule has 0 saturated heterocycles. The molecule has 98 valence electrons. The van der Waals surface area contributed by atoms with Crippen molar-refractivity contribution in [2.75, 3.05) is 17.6 Å². The van der Waals surface area contributed by atoms with E-state index in [4.69, 9.17) is 5.73 Å². The van der Waals surface area contributed by atoms with E-state index < -0.39 is 4.92 Å². The lowest BCUT2D eigenvalue weighted by Gasteiger charge is -2.15. The van der Waals surface area contributed by atoms with E-state index in [2.05, 4.69) is 10.3 Å². The number of anilines is 2. The molecule has 2 unspecified atom stereocenters. The summed E-state index contributed by atoms with van der Waals surface area (Å²) in [5.41, 5.74) is 5.42. The highest BCUT2D eigenvalue weighted by atomic mass is 16.6. The first kappa shape index (κ1) is 12.6. The highest BCUT2D eigenvalue weighted by Gasteiger charge is 2.26. The van der Waals surface area contributed by atoms with Crippen molar-refractivity contribution in [1.82, 2.24) is 4.98 Å². The molecule has 1 aliphatic carbocycles. The molecule has 1 fully saturated rings. The fraction of sp³-hybridized carbons (Fsp3) is 0.545. The maximum Gasteiger partial charge on any atom is 0.311 e. The SMILES string of the molecule is Nc1ccc([N+](=O)[O-])c(NCC2CCCC2O)n1. The van der Waals surface area contributed by atoms with Crippen LogP contribution in [0.2, 0.25) is 0 Å². The molecule has 4 N–H and O–H groups in total. The largest absolute Gasteiger partial charge is 0.393 e. The van der Waals surface area contributed by atoms with Gasteiger partial charge in [0.2, 0.25) is 5.82 Å². The Morgan fingerprint density at radius 2 is 2.33 bits per heavy atom. The number of nitrogens with one attached hydrogen (secondary N) is 1. The Kier molecular flexibility index (Phi) is 3.61. The number of hydrogen-bond acceptors (Lipinski definition) is 6. The minimum atomic E-state index is -0.500. The van der Waals surface area contributed by atoms with E-state index in [-0.39, 0.29) is 29.3 Å². The van der Waals surface area contributed by atoms with Crippen LogP contribution in [0.5, 0.6) is 0 Å². The van der Waals surface area contributed by atoms with E-state index in [1.807, 2.05) is 0 Å². The Labute approximate surface area is 104 Å². The van der Waals surface area contributed by atoms with Gasteiger partial charge in [-0.05, 0) is 18.9 Å². The van der Waals surface area contributed by atoms with Crippen molar-refractivity contribution in [3.05, 3.63) is 22.2 Å². The molecular formula is C11H16N4O3. The van der Waals surface area contributed by atoms with Crippen LogP contribution in [0.25, 0.3) is 0 Å².